The lowest BCUT2D eigenvalue weighted by atomic mass is 9.85. The van der Waals surface area contributed by atoms with Crippen molar-refractivity contribution in [1.82, 2.24) is 5.32 Å². The molecule has 4 nitrogen and oxygen atoms in total. The standard InChI is InChI=1S/C19H15ClFN3O/c1-10-23-16-9-22-18(13-4-2-3-5-15(13)21)14-8-11(20)6-7-12(14)17(16)19(25)24-10/h2-8,16-17H,9H2,1H3,(H,23,24,25). The summed E-state index contributed by atoms with van der Waals surface area (Å²) in [6.07, 6.45) is 0. The average molecular weight is 356 g/mol. The number of benzene rings is 2. The molecule has 0 fully saturated rings. The Balaban J connectivity index is 1.96. The average Bonchev–Trinajstić information content (AvgIpc) is 2.72. The van der Waals surface area contributed by atoms with Gasteiger partial charge in [0.15, 0.2) is 0 Å². The fourth-order valence-corrected chi connectivity index (χ4v) is 3.61. The van der Waals surface area contributed by atoms with E-state index in [0.717, 1.165) is 5.56 Å². The molecule has 2 aliphatic heterocycles. The molecule has 2 aromatic rings. The van der Waals surface area contributed by atoms with Crippen LogP contribution in [0.15, 0.2) is 52.4 Å². The van der Waals surface area contributed by atoms with Crippen LogP contribution in [0.2, 0.25) is 5.02 Å². The predicted molar refractivity (Wildman–Crippen MR) is 96.1 cm³/mol. The third kappa shape index (κ3) is 2.74. The number of amidine groups is 1. The molecular formula is C19H15ClFN3O. The molecule has 1 N–H and O–H groups in total. The first-order valence-corrected chi connectivity index (χ1v) is 8.37. The van der Waals surface area contributed by atoms with Gasteiger partial charge in [-0.3, -0.25) is 14.8 Å². The summed E-state index contributed by atoms with van der Waals surface area (Å²) < 4.78 is 14.4. The smallest absolute Gasteiger partial charge is 0.235 e. The summed E-state index contributed by atoms with van der Waals surface area (Å²) in [6, 6.07) is 11.5. The van der Waals surface area contributed by atoms with Gasteiger partial charge < -0.3 is 5.32 Å². The van der Waals surface area contributed by atoms with Gasteiger partial charge in [0.1, 0.15) is 11.7 Å². The van der Waals surface area contributed by atoms with Gasteiger partial charge in [-0.15, -0.1) is 0 Å². The predicted octanol–water partition coefficient (Wildman–Crippen LogP) is 3.33. The summed E-state index contributed by atoms with van der Waals surface area (Å²) in [6.45, 7) is 2.06. The molecule has 0 spiro atoms. The number of hydrogen-bond acceptors (Lipinski definition) is 3. The highest BCUT2D eigenvalue weighted by Gasteiger charge is 2.37. The van der Waals surface area contributed by atoms with Crippen LogP contribution < -0.4 is 5.32 Å². The first-order valence-electron chi connectivity index (χ1n) is 7.99. The number of fused-ring (bicyclic) bond motifs is 3. The summed E-state index contributed by atoms with van der Waals surface area (Å²) in [5.74, 6) is -0.373. The van der Waals surface area contributed by atoms with E-state index in [-0.39, 0.29) is 17.8 Å². The van der Waals surface area contributed by atoms with Crippen LogP contribution in [0.1, 0.15) is 29.5 Å². The number of amides is 1. The number of carbonyl (C=O) groups excluding carboxylic acids is 1. The molecular weight excluding hydrogens is 341 g/mol. The largest absolute Gasteiger partial charge is 0.314 e. The molecule has 2 heterocycles. The SMILES string of the molecule is CC1=NC2CN=C(c3ccccc3F)c3cc(Cl)ccc3C2C(=O)N1. The third-order valence-electron chi connectivity index (χ3n) is 4.50. The highest BCUT2D eigenvalue weighted by atomic mass is 35.5. The van der Waals surface area contributed by atoms with Gasteiger partial charge in [0.25, 0.3) is 0 Å². The summed E-state index contributed by atoms with van der Waals surface area (Å²) >= 11 is 6.18. The molecule has 2 atom stereocenters. The summed E-state index contributed by atoms with van der Waals surface area (Å²) in [4.78, 5) is 21.8. The highest BCUT2D eigenvalue weighted by Crippen LogP contribution is 2.34. The highest BCUT2D eigenvalue weighted by molar-refractivity contribution is 6.31. The minimum atomic E-state index is -0.469. The van der Waals surface area contributed by atoms with Crippen molar-refractivity contribution in [2.24, 2.45) is 9.98 Å². The Bertz CT molecular complexity index is 938. The van der Waals surface area contributed by atoms with Gasteiger partial charge >= 0.3 is 0 Å². The van der Waals surface area contributed by atoms with Crippen LogP contribution in [-0.4, -0.2) is 30.0 Å². The minimum Gasteiger partial charge on any atom is -0.314 e. The zero-order valence-electron chi connectivity index (χ0n) is 13.5. The van der Waals surface area contributed by atoms with E-state index in [9.17, 15) is 9.18 Å². The van der Waals surface area contributed by atoms with Crippen molar-refractivity contribution in [3.63, 3.8) is 0 Å². The van der Waals surface area contributed by atoms with Crippen LogP contribution in [-0.2, 0) is 4.79 Å². The summed E-state index contributed by atoms with van der Waals surface area (Å²) in [5.41, 5.74) is 2.34. The maximum Gasteiger partial charge on any atom is 0.235 e. The molecule has 2 unspecified atom stereocenters. The Labute approximate surface area is 149 Å². The van der Waals surface area contributed by atoms with Crippen LogP contribution in [0.4, 0.5) is 4.39 Å². The monoisotopic (exact) mass is 355 g/mol. The van der Waals surface area contributed by atoms with Gasteiger partial charge in [-0.2, -0.15) is 0 Å². The maximum absolute atomic E-state index is 14.4. The lowest BCUT2D eigenvalue weighted by Gasteiger charge is -2.27. The van der Waals surface area contributed by atoms with Gasteiger partial charge in [0, 0.05) is 16.1 Å². The Morgan fingerprint density at radius 2 is 2.00 bits per heavy atom. The van der Waals surface area contributed by atoms with Crippen molar-refractivity contribution < 1.29 is 9.18 Å². The molecule has 6 heteroatoms. The van der Waals surface area contributed by atoms with E-state index < -0.39 is 5.92 Å². The molecule has 0 bridgehead atoms. The van der Waals surface area contributed by atoms with Gasteiger partial charge in [-0.05, 0) is 36.8 Å². The van der Waals surface area contributed by atoms with E-state index in [2.05, 4.69) is 15.3 Å². The molecule has 0 aliphatic carbocycles. The number of nitrogens with zero attached hydrogens (tertiary/aromatic N) is 2. The van der Waals surface area contributed by atoms with E-state index in [0.29, 0.717) is 34.2 Å². The van der Waals surface area contributed by atoms with Gasteiger partial charge in [0.2, 0.25) is 5.91 Å². The van der Waals surface area contributed by atoms with Crippen LogP contribution >= 0.6 is 11.6 Å². The number of rotatable bonds is 1. The van der Waals surface area contributed by atoms with Crippen molar-refractivity contribution in [2.75, 3.05) is 6.54 Å². The number of carbonyl (C=O) groups is 1. The molecule has 0 aromatic heterocycles. The van der Waals surface area contributed by atoms with E-state index in [1.807, 2.05) is 6.07 Å². The molecule has 0 saturated heterocycles. The second kappa shape index (κ2) is 6.08. The minimum absolute atomic E-state index is 0.119. The fourth-order valence-electron chi connectivity index (χ4n) is 3.44. The van der Waals surface area contributed by atoms with Crippen molar-refractivity contribution in [1.29, 1.82) is 0 Å². The molecule has 0 saturated carbocycles. The zero-order chi connectivity index (χ0) is 17.6. The first-order chi connectivity index (χ1) is 12.0. The number of halogens is 2. The van der Waals surface area contributed by atoms with Gasteiger partial charge in [0.05, 0.1) is 24.2 Å². The zero-order valence-corrected chi connectivity index (χ0v) is 14.2. The van der Waals surface area contributed by atoms with E-state index in [1.54, 1.807) is 37.3 Å². The lowest BCUT2D eigenvalue weighted by molar-refractivity contribution is -0.121. The molecule has 4 rings (SSSR count). The number of aliphatic imine (C=N–C) groups is 2. The van der Waals surface area contributed by atoms with Gasteiger partial charge in [-0.25, -0.2) is 4.39 Å². The Kier molecular flexibility index (Phi) is 3.88. The Hall–Kier alpha value is -2.53. The molecule has 25 heavy (non-hydrogen) atoms. The van der Waals surface area contributed by atoms with Crippen LogP contribution in [0.25, 0.3) is 0 Å². The third-order valence-corrected chi connectivity index (χ3v) is 4.74. The van der Waals surface area contributed by atoms with Crippen molar-refractivity contribution in [3.8, 4) is 0 Å². The van der Waals surface area contributed by atoms with Crippen LogP contribution in [0.5, 0.6) is 0 Å². The Morgan fingerprint density at radius 1 is 1.20 bits per heavy atom. The van der Waals surface area contributed by atoms with Crippen molar-refractivity contribution >= 4 is 29.1 Å². The maximum atomic E-state index is 14.4. The number of nitrogens with one attached hydrogen (secondary N) is 1. The number of hydrogen-bond donors (Lipinski definition) is 1. The summed E-state index contributed by atoms with van der Waals surface area (Å²) in [5, 5.41) is 3.29. The molecule has 0 radical (unpaired) electrons. The Morgan fingerprint density at radius 3 is 2.80 bits per heavy atom. The molecule has 126 valence electrons. The van der Waals surface area contributed by atoms with Crippen LogP contribution in [0.3, 0.4) is 0 Å². The topological polar surface area (TPSA) is 53.8 Å². The summed E-state index contributed by atoms with van der Waals surface area (Å²) in [7, 11) is 0. The second-order valence-corrected chi connectivity index (χ2v) is 6.59. The lowest BCUT2D eigenvalue weighted by Crippen LogP contribution is -2.44. The molecule has 1 amide bonds. The first kappa shape index (κ1) is 16.0. The molecule has 2 aliphatic rings. The van der Waals surface area contributed by atoms with Crippen molar-refractivity contribution in [2.45, 2.75) is 18.9 Å². The van der Waals surface area contributed by atoms with E-state index in [1.165, 1.54) is 6.07 Å². The van der Waals surface area contributed by atoms with Gasteiger partial charge in [-0.1, -0.05) is 29.8 Å². The van der Waals surface area contributed by atoms with E-state index in [4.69, 9.17) is 11.6 Å². The van der Waals surface area contributed by atoms with E-state index >= 15 is 0 Å². The van der Waals surface area contributed by atoms with Crippen molar-refractivity contribution in [3.05, 3.63) is 70.0 Å². The fraction of sp³-hybridized carbons (Fsp3) is 0.211. The second-order valence-electron chi connectivity index (χ2n) is 6.15. The quantitative estimate of drug-likeness (QED) is 0.838. The normalized spacial score (nSPS) is 22.1. The molecule has 2 aromatic carbocycles. The van der Waals surface area contributed by atoms with Crippen LogP contribution in [0, 0.1) is 5.82 Å².